The fraction of sp³-hybridized carbons (Fsp3) is 0.550. The van der Waals surface area contributed by atoms with Gasteiger partial charge in [0.1, 0.15) is 17.8 Å². The summed E-state index contributed by atoms with van der Waals surface area (Å²) in [5, 5.41) is 14.3. The molecule has 0 amide bonds. The van der Waals surface area contributed by atoms with Gasteiger partial charge in [0, 0.05) is 49.2 Å². The van der Waals surface area contributed by atoms with Crippen LogP contribution in [0, 0.1) is 0 Å². The second-order valence-corrected chi connectivity index (χ2v) is 10.4. The number of aliphatic imine (C=N–C) groups is 1. The monoisotopic (exact) mass is 452 g/mol. The summed E-state index contributed by atoms with van der Waals surface area (Å²) in [6, 6.07) is 0.0861. The molecule has 4 aliphatic rings. The Morgan fingerprint density at radius 1 is 1.37 bits per heavy atom. The van der Waals surface area contributed by atoms with Crippen LogP contribution in [0.5, 0.6) is 0 Å². The van der Waals surface area contributed by atoms with Gasteiger partial charge in [0.25, 0.3) is 0 Å². The highest BCUT2D eigenvalue weighted by atomic mass is 35.5. The minimum Gasteiger partial charge on any atom is -0.367 e. The van der Waals surface area contributed by atoms with Gasteiger partial charge in [-0.1, -0.05) is 25.4 Å². The lowest BCUT2D eigenvalue weighted by molar-refractivity contribution is 0.459. The third-order valence-corrected chi connectivity index (χ3v) is 8.02. The van der Waals surface area contributed by atoms with Gasteiger partial charge in [0.2, 0.25) is 10.0 Å². The summed E-state index contributed by atoms with van der Waals surface area (Å²) in [6.07, 6.45) is 7.75. The first kappa shape index (κ1) is 21.3. The molecule has 0 bridgehead atoms. The Labute approximate surface area is 183 Å². The fourth-order valence-electron chi connectivity index (χ4n) is 4.13. The number of dihydropyridines is 1. The van der Waals surface area contributed by atoms with Crippen molar-refractivity contribution < 1.29 is 8.42 Å². The van der Waals surface area contributed by atoms with Crippen molar-refractivity contribution in [3.05, 3.63) is 45.7 Å². The summed E-state index contributed by atoms with van der Waals surface area (Å²) in [6.45, 7) is 5.81. The first-order chi connectivity index (χ1) is 14.4. The van der Waals surface area contributed by atoms with Crippen LogP contribution in [0.2, 0.25) is 0 Å². The molecule has 1 fully saturated rings. The first-order valence-electron chi connectivity index (χ1n) is 10.5. The van der Waals surface area contributed by atoms with E-state index in [1.165, 1.54) is 5.57 Å². The van der Waals surface area contributed by atoms with Crippen LogP contribution < -0.4 is 21.3 Å². The molecular formula is C20H29ClN6O2S. The molecule has 0 saturated carbocycles. The average molecular weight is 453 g/mol. The maximum Gasteiger partial charge on any atom is 0.214 e. The van der Waals surface area contributed by atoms with Crippen molar-refractivity contribution in [3.8, 4) is 0 Å². The molecule has 10 heteroatoms. The molecule has 0 aromatic carbocycles. The molecule has 8 nitrogen and oxygen atoms in total. The lowest BCUT2D eigenvalue weighted by atomic mass is 10.0. The Bertz CT molecular complexity index is 966. The lowest BCUT2D eigenvalue weighted by Crippen LogP contribution is -2.45. The number of rotatable bonds is 6. The number of hydrogen-bond donors (Lipinski definition) is 4. The summed E-state index contributed by atoms with van der Waals surface area (Å²) in [7, 11) is -3.16. The Morgan fingerprint density at radius 2 is 2.20 bits per heavy atom. The van der Waals surface area contributed by atoms with Crippen LogP contribution in [0.1, 0.15) is 33.1 Å². The first-order valence-corrected chi connectivity index (χ1v) is 12.5. The van der Waals surface area contributed by atoms with Crippen LogP contribution in [0.15, 0.2) is 50.7 Å². The van der Waals surface area contributed by atoms with Gasteiger partial charge in [-0.25, -0.2) is 8.42 Å². The van der Waals surface area contributed by atoms with E-state index >= 15 is 0 Å². The van der Waals surface area contributed by atoms with Gasteiger partial charge >= 0.3 is 0 Å². The second-order valence-electron chi connectivity index (χ2n) is 7.88. The molecular weight excluding hydrogens is 424 g/mol. The molecule has 164 valence electrons. The number of hydrogen-bond acceptors (Lipinski definition) is 7. The highest BCUT2D eigenvalue weighted by Gasteiger charge is 2.32. The molecule has 0 aliphatic carbocycles. The predicted molar refractivity (Wildman–Crippen MR) is 120 cm³/mol. The maximum absolute atomic E-state index is 12.4. The zero-order valence-electron chi connectivity index (χ0n) is 17.3. The maximum atomic E-state index is 12.4. The minimum atomic E-state index is -3.16. The predicted octanol–water partition coefficient (Wildman–Crippen LogP) is 1.44. The Kier molecular flexibility index (Phi) is 6.13. The molecule has 0 spiro atoms. The second kappa shape index (κ2) is 8.64. The smallest absolute Gasteiger partial charge is 0.214 e. The van der Waals surface area contributed by atoms with Gasteiger partial charge in [0.15, 0.2) is 0 Å². The van der Waals surface area contributed by atoms with Crippen molar-refractivity contribution in [2.75, 3.05) is 25.4 Å². The number of allylic oxidation sites excluding steroid dienone is 2. The molecule has 0 radical (unpaired) electrons. The Morgan fingerprint density at radius 3 is 2.97 bits per heavy atom. The van der Waals surface area contributed by atoms with Crippen molar-refractivity contribution in [3.63, 3.8) is 0 Å². The zero-order chi connectivity index (χ0) is 21.3. The number of sulfonamides is 1. The van der Waals surface area contributed by atoms with Crippen LogP contribution >= 0.6 is 11.6 Å². The standard InChI is InChI=1S/C20H29ClN6O2S/c1-3-7-30(28,29)27-6-5-15(12-27)25-18-13(4-2)9-22-20(26-18)17-11-24-19-16(17)8-14(21)10-23-19/h8,10-11,15,19,22-23,25-26H,3-7,9,12H2,1-2H3/t15-,19?/m0/s1. The van der Waals surface area contributed by atoms with E-state index in [4.69, 9.17) is 11.6 Å². The molecule has 0 aromatic heterocycles. The summed E-state index contributed by atoms with van der Waals surface area (Å²) in [5.41, 5.74) is 3.23. The van der Waals surface area contributed by atoms with E-state index in [2.05, 4.69) is 33.2 Å². The van der Waals surface area contributed by atoms with Crippen molar-refractivity contribution in [1.29, 1.82) is 0 Å². The quantitative estimate of drug-likeness (QED) is 0.487. The fourth-order valence-corrected chi connectivity index (χ4v) is 5.88. The van der Waals surface area contributed by atoms with Gasteiger partial charge in [-0.2, -0.15) is 4.31 Å². The SMILES string of the molecule is CCCS(=O)(=O)N1CC[C@H](NC2=C(CC)CNC(=C3C=NC4NC=C(Cl)C=C34)N2)C1. The third kappa shape index (κ3) is 4.24. The number of nitrogens with one attached hydrogen (secondary N) is 4. The van der Waals surface area contributed by atoms with E-state index in [9.17, 15) is 8.42 Å². The van der Waals surface area contributed by atoms with E-state index < -0.39 is 10.0 Å². The molecule has 4 rings (SSSR count). The van der Waals surface area contributed by atoms with Crippen molar-refractivity contribution >= 4 is 27.8 Å². The molecule has 30 heavy (non-hydrogen) atoms. The topological polar surface area (TPSA) is 97.9 Å². The largest absolute Gasteiger partial charge is 0.367 e. The lowest BCUT2D eigenvalue weighted by Gasteiger charge is -2.30. The number of halogens is 1. The molecule has 4 aliphatic heterocycles. The highest BCUT2D eigenvalue weighted by Crippen LogP contribution is 2.29. The number of nitrogens with zero attached hydrogens (tertiary/aromatic N) is 2. The van der Waals surface area contributed by atoms with Crippen LogP contribution in [0.25, 0.3) is 0 Å². The Balaban J connectivity index is 1.50. The molecule has 1 unspecified atom stereocenters. The van der Waals surface area contributed by atoms with Gasteiger partial charge in [-0.05, 0) is 30.9 Å². The van der Waals surface area contributed by atoms with Gasteiger partial charge in [-0.15, -0.1) is 0 Å². The molecule has 4 N–H and O–H groups in total. The van der Waals surface area contributed by atoms with E-state index in [0.717, 1.165) is 42.2 Å². The normalized spacial score (nSPS) is 29.0. The van der Waals surface area contributed by atoms with Crippen molar-refractivity contribution in [2.24, 2.45) is 4.99 Å². The van der Waals surface area contributed by atoms with Crippen LogP contribution in [0.4, 0.5) is 0 Å². The summed E-state index contributed by atoms with van der Waals surface area (Å²) in [4.78, 5) is 4.52. The van der Waals surface area contributed by atoms with E-state index in [1.54, 1.807) is 10.5 Å². The summed E-state index contributed by atoms with van der Waals surface area (Å²) >= 11 is 6.18. The highest BCUT2D eigenvalue weighted by molar-refractivity contribution is 7.89. The van der Waals surface area contributed by atoms with Gasteiger partial charge < -0.3 is 21.3 Å². The van der Waals surface area contributed by atoms with Crippen LogP contribution in [0.3, 0.4) is 0 Å². The van der Waals surface area contributed by atoms with Gasteiger partial charge in [0.05, 0.1) is 10.8 Å². The average Bonchev–Trinajstić information content (AvgIpc) is 3.35. The van der Waals surface area contributed by atoms with E-state index in [1.807, 2.05) is 19.2 Å². The minimum absolute atomic E-state index is 0.0861. The summed E-state index contributed by atoms with van der Waals surface area (Å²) in [5.74, 6) is 2.05. The van der Waals surface area contributed by atoms with E-state index in [-0.39, 0.29) is 18.0 Å². The number of fused-ring (bicyclic) bond motifs is 1. The van der Waals surface area contributed by atoms with Gasteiger partial charge in [-0.3, -0.25) is 4.99 Å². The van der Waals surface area contributed by atoms with Crippen molar-refractivity contribution in [2.45, 2.75) is 45.3 Å². The van der Waals surface area contributed by atoms with Crippen molar-refractivity contribution in [1.82, 2.24) is 25.6 Å². The molecule has 2 atom stereocenters. The van der Waals surface area contributed by atoms with Crippen LogP contribution in [-0.4, -0.2) is 56.5 Å². The molecule has 0 aromatic rings. The van der Waals surface area contributed by atoms with Crippen LogP contribution in [-0.2, 0) is 10.0 Å². The zero-order valence-corrected chi connectivity index (χ0v) is 18.9. The Hall–Kier alpha value is -1.97. The third-order valence-electron chi connectivity index (χ3n) is 5.76. The molecule has 1 saturated heterocycles. The summed E-state index contributed by atoms with van der Waals surface area (Å²) < 4.78 is 26.4. The van der Waals surface area contributed by atoms with E-state index in [0.29, 0.717) is 24.5 Å². The molecule has 4 heterocycles.